The number of allylic oxidation sites excluding steroid dienone is 1. The average molecular weight is 288 g/mol. The lowest BCUT2D eigenvalue weighted by atomic mass is 9.52. The Morgan fingerprint density at radius 2 is 2.10 bits per heavy atom. The van der Waals surface area contributed by atoms with Crippen molar-refractivity contribution in [2.45, 2.75) is 26.7 Å². The van der Waals surface area contributed by atoms with E-state index in [1.165, 1.54) is 0 Å². The molecule has 20 heavy (non-hydrogen) atoms. The summed E-state index contributed by atoms with van der Waals surface area (Å²) in [5, 5.41) is 9.46. The molecule has 0 heterocycles. The summed E-state index contributed by atoms with van der Waals surface area (Å²) in [6, 6.07) is 9.59. The topological polar surface area (TPSA) is 40.9 Å². The normalized spacial score (nSPS) is 24.1. The highest BCUT2D eigenvalue weighted by Crippen LogP contribution is 2.53. The molecule has 2 nitrogen and oxygen atoms in total. The van der Waals surface area contributed by atoms with Crippen LogP contribution in [0.1, 0.15) is 32.3 Å². The molecule has 0 radical (unpaired) electrons. The second kappa shape index (κ2) is 5.81. The number of hydrogen-bond donors (Lipinski definition) is 0. The predicted molar refractivity (Wildman–Crippen MR) is 81.1 cm³/mol. The fourth-order valence-corrected chi connectivity index (χ4v) is 2.95. The Bertz CT molecular complexity index is 566. The molecular formula is C17H18ClNO. The van der Waals surface area contributed by atoms with Gasteiger partial charge in [0.1, 0.15) is 0 Å². The van der Waals surface area contributed by atoms with Gasteiger partial charge in [-0.3, -0.25) is 4.79 Å². The molecule has 0 amide bonds. The molecule has 1 fully saturated rings. The monoisotopic (exact) mass is 287 g/mol. The molecule has 2 unspecified atom stereocenters. The molecular weight excluding hydrogens is 270 g/mol. The van der Waals surface area contributed by atoms with E-state index in [9.17, 15) is 4.79 Å². The first kappa shape index (κ1) is 14.8. The van der Waals surface area contributed by atoms with Crippen molar-refractivity contribution >= 4 is 23.5 Å². The number of nitriles is 1. The van der Waals surface area contributed by atoms with Crippen LogP contribution in [0, 0.1) is 28.6 Å². The van der Waals surface area contributed by atoms with Crippen LogP contribution >= 0.6 is 11.6 Å². The van der Waals surface area contributed by atoms with Crippen LogP contribution in [-0.2, 0) is 4.79 Å². The first-order valence-corrected chi connectivity index (χ1v) is 7.17. The molecule has 0 aromatic heterocycles. The second-order valence-corrected chi connectivity index (χ2v) is 6.39. The van der Waals surface area contributed by atoms with Gasteiger partial charge in [-0.25, -0.2) is 0 Å². The summed E-state index contributed by atoms with van der Waals surface area (Å²) < 4.78 is 0. The molecule has 1 aliphatic rings. The van der Waals surface area contributed by atoms with Crippen LogP contribution in [-0.4, -0.2) is 5.78 Å². The van der Waals surface area contributed by atoms with E-state index in [1.54, 1.807) is 6.08 Å². The number of halogens is 1. The average Bonchev–Trinajstić information content (AvgIpc) is 2.42. The molecule has 3 heteroatoms. The van der Waals surface area contributed by atoms with Crippen molar-refractivity contribution in [1.29, 1.82) is 5.26 Å². The zero-order valence-corrected chi connectivity index (χ0v) is 12.5. The fourth-order valence-electron chi connectivity index (χ4n) is 2.82. The van der Waals surface area contributed by atoms with Crippen molar-refractivity contribution in [3.8, 4) is 6.07 Å². The summed E-state index contributed by atoms with van der Waals surface area (Å²) in [6.07, 6.45) is 4.84. The van der Waals surface area contributed by atoms with Crippen LogP contribution in [0.2, 0.25) is 5.02 Å². The van der Waals surface area contributed by atoms with Crippen LogP contribution in [0.15, 0.2) is 30.3 Å². The third-order valence-electron chi connectivity index (χ3n) is 4.46. The highest BCUT2D eigenvalue weighted by atomic mass is 35.5. The molecule has 0 spiro atoms. The molecule has 1 aromatic rings. The van der Waals surface area contributed by atoms with Gasteiger partial charge < -0.3 is 0 Å². The molecule has 2 rings (SSSR count). The lowest BCUT2D eigenvalue weighted by Gasteiger charge is -2.50. The second-order valence-electron chi connectivity index (χ2n) is 5.96. The minimum Gasteiger partial charge on any atom is -0.295 e. The number of carbonyl (C=O) groups is 1. The molecule has 0 saturated heterocycles. The van der Waals surface area contributed by atoms with E-state index in [2.05, 4.69) is 19.9 Å². The van der Waals surface area contributed by atoms with Crippen molar-refractivity contribution in [1.82, 2.24) is 0 Å². The Hall–Kier alpha value is -1.59. The van der Waals surface area contributed by atoms with Crippen molar-refractivity contribution < 1.29 is 4.79 Å². The highest BCUT2D eigenvalue weighted by Gasteiger charge is 2.50. The van der Waals surface area contributed by atoms with Gasteiger partial charge in [0, 0.05) is 17.4 Å². The molecule has 0 bridgehead atoms. The van der Waals surface area contributed by atoms with Crippen LogP contribution in [0.4, 0.5) is 0 Å². The molecule has 1 saturated carbocycles. The lowest BCUT2D eigenvalue weighted by molar-refractivity contribution is -0.132. The Balaban J connectivity index is 2.00. The number of benzene rings is 1. The minimum absolute atomic E-state index is 0.0319. The Kier molecular flexibility index (Phi) is 4.30. The first-order chi connectivity index (χ1) is 9.45. The molecule has 0 aliphatic heterocycles. The molecule has 2 atom stereocenters. The molecule has 1 aromatic carbocycles. The molecule has 0 N–H and O–H groups in total. The standard InChI is InChI=1S/C17H18ClNO/c1-17(2)13(9-10-19)11-15(17)16(20)8-5-12-3-6-14(18)7-4-12/h3-8,13,15H,9,11H2,1-2H3. The van der Waals surface area contributed by atoms with Crippen LogP contribution in [0.3, 0.4) is 0 Å². The summed E-state index contributed by atoms with van der Waals surface area (Å²) in [4.78, 5) is 12.2. The summed E-state index contributed by atoms with van der Waals surface area (Å²) >= 11 is 5.82. The number of carbonyl (C=O) groups excluding carboxylic acids is 1. The van der Waals surface area contributed by atoms with Gasteiger partial charge in [-0.2, -0.15) is 5.26 Å². The van der Waals surface area contributed by atoms with Gasteiger partial charge in [0.15, 0.2) is 5.78 Å². The van der Waals surface area contributed by atoms with Gasteiger partial charge >= 0.3 is 0 Å². The fraction of sp³-hybridized carbons (Fsp3) is 0.412. The third kappa shape index (κ3) is 2.94. The zero-order valence-electron chi connectivity index (χ0n) is 11.8. The van der Waals surface area contributed by atoms with E-state index < -0.39 is 0 Å². The minimum atomic E-state index is -0.0723. The van der Waals surface area contributed by atoms with Crippen molar-refractivity contribution in [3.63, 3.8) is 0 Å². The van der Waals surface area contributed by atoms with Crippen LogP contribution in [0.25, 0.3) is 6.08 Å². The number of rotatable bonds is 4. The number of ketones is 1. The van der Waals surface area contributed by atoms with Crippen LogP contribution < -0.4 is 0 Å². The number of nitrogens with zero attached hydrogens (tertiary/aromatic N) is 1. The van der Waals surface area contributed by atoms with E-state index in [4.69, 9.17) is 16.9 Å². The number of hydrogen-bond acceptors (Lipinski definition) is 2. The smallest absolute Gasteiger partial charge is 0.159 e. The molecule has 1 aliphatic carbocycles. The maximum absolute atomic E-state index is 12.2. The Morgan fingerprint density at radius 1 is 1.45 bits per heavy atom. The quantitative estimate of drug-likeness (QED) is 0.765. The Labute approximate surface area is 125 Å². The summed E-state index contributed by atoms with van der Waals surface area (Å²) in [7, 11) is 0. The maximum Gasteiger partial charge on any atom is 0.159 e. The van der Waals surface area contributed by atoms with Crippen molar-refractivity contribution in [2.24, 2.45) is 17.3 Å². The van der Waals surface area contributed by atoms with E-state index in [1.807, 2.05) is 30.3 Å². The summed E-state index contributed by atoms with van der Waals surface area (Å²) in [6.45, 7) is 4.16. The van der Waals surface area contributed by atoms with Gasteiger partial charge in [0.25, 0.3) is 0 Å². The maximum atomic E-state index is 12.2. The molecule has 104 valence electrons. The van der Waals surface area contributed by atoms with Gasteiger partial charge in [-0.05, 0) is 41.5 Å². The summed E-state index contributed by atoms with van der Waals surface area (Å²) in [5.74, 6) is 0.522. The predicted octanol–water partition coefficient (Wildman–Crippen LogP) is 4.50. The summed E-state index contributed by atoms with van der Waals surface area (Å²) in [5.41, 5.74) is 0.894. The van der Waals surface area contributed by atoms with E-state index in [0.717, 1.165) is 12.0 Å². The van der Waals surface area contributed by atoms with Crippen molar-refractivity contribution in [3.05, 3.63) is 40.9 Å². The third-order valence-corrected chi connectivity index (χ3v) is 4.71. The largest absolute Gasteiger partial charge is 0.295 e. The van der Waals surface area contributed by atoms with Crippen molar-refractivity contribution in [2.75, 3.05) is 0 Å². The SMILES string of the molecule is CC1(C)C(CC#N)CC1C(=O)C=Cc1ccc(Cl)cc1. The lowest BCUT2D eigenvalue weighted by Crippen LogP contribution is -2.48. The highest BCUT2D eigenvalue weighted by molar-refractivity contribution is 6.30. The van der Waals surface area contributed by atoms with E-state index in [0.29, 0.717) is 17.4 Å². The first-order valence-electron chi connectivity index (χ1n) is 6.79. The van der Waals surface area contributed by atoms with Crippen LogP contribution in [0.5, 0.6) is 0 Å². The van der Waals surface area contributed by atoms with Gasteiger partial charge in [0.2, 0.25) is 0 Å². The van der Waals surface area contributed by atoms with Gasteiger partial charge in [-0.1, -0.05) is 43.7 Å². The van der Waals surface area contributed by atoms with E-state index in [-0.39, 0.29) is 17.1 Å². The van der Waals surface area contributed by atoms with Gasteiger partial charge in [0.05, 0.1) is 6.07 Å². The zero-order chi connectivity index (χ0) is 14.8. The van der Waals surface area contributed by atoms with E-state index >= 15 is 0 Å². The van der Waals surface area contributed by atoms with Gasteiger partial charge in [-0.15, -0.1) is 0 Å². The Morgan fingerprint density at radius 3 is 2.65 bits per heavy atom.